The van der Waals surface area contributed by atoms with Gasteiger partial charge >= 0.3 is 0 Å². The molecule has 0 aromatic heterocycles. The average molecular weight is 306 g/mol. The molecule has 0 aliphatic carbocycles. The van der Waals surface area contributed by atoms with Gasteiger partial charge in [0.25, 0.3) is 0 Å². The summed E-state index contributed by atoms with van der Waals surface area (Å²) in [6.07, 6.45) is 0.905. The van der Waals surface area contributed by atoms with Crippen LogP contribution in [0.15, 0.2) is 11.1 Å². The Labute approximate surface area is 118 Å². The van der Waals surface area contributed by atoms with Gasteiger partial charge in [-0.15, -0.1) is 0 Å². The third-order valence-corrected chi connectivity index (χ3v) is 3.92. The Morgan fingerprint density at radius 2 is 1.85 bits per heavy atom. The Bertz CT molecular complexity index is 519. The molecule has 2 rings (SSSR count). The average Bonchev–Trinajstić information content (AvgIpc) is 2.79. The lowest BCUT2D eigenvalue weighted by Crippen LogP contribution is -2.13. The van der Waals surface area contributed by atoms with Crippen molar-refractivity contribution >= 4 is 22.6 Å². The highest BCUT2D eigenvalue weighted by molar-refractivity contribution is 8.15. The van der Waals surface area contributed by atoms with Crippen molar-refractivity contribution in [3.8, 4) is 0 Å². The Balaban J connectivity index is 2.12. The SMILES string of the molecule is CC(C)CC1CN=C(Nc2c(F)c(F)cc(F)c2F)S1. The molecular formula is C13H14F4N2S. The lowest BCUT2D eigenvalue weighted by atomic mass is 10.1. The highest BCUT2D eigenvalue weighted by Crippen LogP contribution is 2.30. The van der Waals surface area contributed by atoms with E-state index in [2.05, 4.69) is 24.2 Å². The maximum Gasteiger partial charge on any atom is 0.185 e. The number of rotatable bonds is 3. The first-order valence-electron chi connectivity index (χ1n) is 6.19. The minimum atomic E-state index is -1.44. The number of anilines is 1. The van der Waals surface area contributed by atoms with Crippen molar-refractivity contribution in [1.29, 1.82) is 0 Å². The summed E-state index contributed by atoms with van der Waals surface area (Å²) < 4.78 is 53.1. The molecule has 0 saturated carbocycles. The normalized spacial score (nSPS) is 18.6. The van der Waals surface area contributed by atoms with Gasteiger partial charge in [0.15, 0.2) is 28.4 Å². The molecular weight excluding hydrogens is 292 g/mol. The molecule has 1 atom stereocenters. The molecule has 0 radical (unpaired) electrons. The van der Waals surface area contributed by atoms with E-state index in [4.69, 9.17) is 0 Å². The van der Waals surface area contributed by atoms with Crippen LogP contribution < -0.4 is 5.32 Å². The van der Waals surface area contributed by atoms with Gasteiger partial charge in [0.05, 0.1) is 6.54 Å². The zero-order chi connectivity index (χ0) is 14.9. The first kappa shape index (κ1) is 15.2. The quantitative estimate of drug-likeness (QED) is 0.669. The molecule has 0 spiro atoms. The van der Waals surface area contributed by atoms with Crippen molar-refractivity contribution in [3.63, 3.8) is 0 Å². The van der Waals surface area contributed by atoms with E-state index in [1.165, 1.54) is 11.8 Å². The molecule has 0 saturated heterocycles. The number of aliphatic imine (C=N–C) groups is 1. The second-order valence-corrected chi connectivity index (χ2v) is 6.27. The number of halogens is 4. The van der Waals surface area contributed by atoms with Gasteiger partial charge < -0.3 is 5.32 Å². The summed E-state index contributed by atoms with van der Waals surface area (Å²) in [5.41, 5.74) is -0.834. The molecule has 1 unspecified atom stereocenters. The van der Waals surface area contributed by atoms with E-state index < -0.39 is 29.0 Å². The molecule has 1 aliphatic rings. The van der Waals surface area contributed by atoms with E-state index in [9.17, 15) is 17.6 Å². The Morgan fingerprint density at radius 1 is 1.25 bits per heavy atom. The van der Waals surface area contributed by atoms with Crippen LogP contribution in [0.3, 0.4) is 0 Å². The number of nitrogens with zero attached hydrogens (tertiary/aromatic N) is 1. The minimum absolute atomic E-state index is 0.182. The lowest BCUT2D eigenvalue weighted by Gasteiger charge is -2.12. The number of hydrogen-bond acceptors (Lipinski definition) is 3. The van der Waals surface area contributed by atoms with E-state index in [1.807, 2.05) is 0 Å². The summed E-state index contributed by atoms with van der Waals surface area (Å²) in [6.45, 7) is 4.65. The second-order valence-electron chi connectivity index (χ2n) is 4.98. The molecule has 1 aromatic rings. The third-order valence-electron chi connectivity index (χ3n) is 2.79. The van der Waals surface area contributed by atoms with Crippen LogP contribution in [0.2, 0.25) is 0 Å². The molecule has 7 heteroatoms. The zero-order valence-electron chi connectivity index (χ0n) is 11.0. The van der Waals surface area contributed by atoms with Gasteiger partial charge in [-0.2, -0.15) is 0 Å². The van der Waals surface area contributed by atoms with Gasteiger partial charge in [-0.1, -0.05) is 25.6 Å². The molecule has 1 aliphatic heterocycles. The maximum absolute atomic E-state index is 13.5. The van der Waals surface area contributed by atoms with E-state index in [0.29, 0.717) is 12.5 Å². The van der Waals surface area contributed by atoms with Gasteiger partial charge in [-0.05, 0) is 12.3 Å². The van der Waals surface area contributed by atoms with Gasteiger partial charge in [0.2, 0.25) is 0 Å². The molecule has 2 nitrogen and oxygen atoms in total. The Kier molecular flexibility index (Phi) is 4.57. The van der Waals surface area contributed by atoms with Gasteiger partial charge in [0, 0.05) is 11.3 Å². The van der Waals surface area contributed by atoms with Crippen LogP contribution in [0.1, 0.15) is 20.3 Å². The predicted molar refractivity (Wildman–Crippen MR) is 73.0 cm³/mol. The van der Waals surface area contributed by atoms with Crippen LogP contribution in [-0.2, 0) is 0 Å². The molecule has 110 valence electrons. The fraction of sp³-hybridized carbons (Fsp3) is 0.462. The molecule has 0 bridgehead atoms. The summed E-state index contributed by atoms with van der Waals surface area (Å²) >= 11 is 1.32. The summed E-state index contributed by atoms with van der Waals surface area (Å²) in [5, 5.41) is 2.83. The summed E-state index contributed by atoms with van der Waals surface area (Å²) in [6, 6.07) is 0.182. The molecule has 1 N–H and O–H groups in total. The first-order valence-corrected chi connectivity index (χ1v) is 7.07. The predicted octanol–water partition coefficient (Wildman–Crippen LogP) is 4.17. The van der Waals surface area contributed by atoms with Crippen LogP contribution in [0, 0.1) is 29.2 Å². The monoisotopic (exact) mass is 306 g/mol. The zero-order valence-corrected chi connectivity index (χ0v) is 11.8. The van der Waals surface area contributed by atoms with Crippen molar-refractivity contribution < 1.29 is 17.6 Å². The Hall–Kier alpha value is -1.24. The summed E-state index contributed by atoms with van der Waals surface area (Å²) in [5.74, 6) is -5.29. The van der Waals surface area contributed by atoms with Crippen LogP contribution in [0.4, 0.5) is 23.2 Å². The standard InChI is InChI=1S/C13H14F4N2S/c1-6(2)3-7-5-18-13(20-7)19-12-10(16)8(14)4-9(15)11(12)17/h4,6-7H,3,5H2,1-2H3,(H,18,19). The number of thioether (sulfide) groups is 1. The van der Waals surface area contributed by atoms with E-state index in [1.54, 1.807) is 0 Å². The highest BCUT2D eigenvalue weighted by Gasteiger charge is 2.25. The summed E-state index contributed by atoms with van der Waals surface area (Å²) in [4.78, 5) is 4.10. The summed E-state index contributed by atoms with van der Waals surface area (Å²) in [7, 11) is 0. The third kappa shape index (κ3) is 3.26. The van der Waals surface area contributed by atoms with E-state index in [0.717, 1.165) is 6.42 Å². The van der Waals surface area contributed by atoms with Crippen LogP contribution >= 0.6 is 11.8 Å². The smallest absolute Gasteiger partial charge is 0.185 e. The highest BCUT2D eigenvalue weighted by atomic mass is 32.2. The van der Waals surface area contributed by atoms with Crippen molar-refractivity contribution in [2.75, 3.05) is 11.9 Å². The molecule has 20 heavy (non-hydrogen) atoms. The van der Waals surface area contributed by atoms with Crippen molar-refractivity contribution in [3.05, 3.63) is 29.3 Å². The van der Waals surface area contributed by atoms with Crippen LogP contribution in [0.5, 0.6) is 0 Å². The fourth-order valence-corrected chi connectivity index (χ4v) is 3.18. The molecule has 0 amide bonds. The van der Waals surface area contributed by atoms with Crippen LogP contribution in [0.25, 0.3) is 0 Å². The number of hydrogen-bond donors (Lipinski definition) is 1. The fourth-order valence-electron chi connectivity index (χ4n) is 1.92. The maximum atomic E-state index is 13.5. The second kappa shape index (κ2) is 6.03. The van der Waals surface area contributed by atoms with E-state index >= 15 is 0 Å². The van der Waals surface area contributed by atoms with Crippen molar-refractivity contribution in [2.45, 2.75) is 25.5 Å². The lowest BCUT2D eigenvalue weighted by molar-refractivity contribution is 0.459. The number of benzene rings is 1. The first-order chi connectivity index (χ1) is 9.38. The van der Waals surface area contributed by atoms with Gasteiger partial charge in [-0.25, -0.2) is 17.6 Å². The topological polar surface area (TPSA) is 24.4 Å². The van der Waals surface area contributed by atoms with Crippen molar-refractivity contribution in [1.82, 2.24) is 0 Å². The van der Waals surface area contributed by atoms with Gasteiger partial charge in [-0.3, -0.25) is 4.99 Å². The van der Waals surface area contributed by atoms with E-state index in [-0.39, 0.29) is 16.5 Å². The largest absolute Gasteiger partial charge is 0.330 e. The van der Waals surface area contributed by atoms with Gasteiger partial charge in [0.1, 0.15) is 5.69 Å². The molecule has 1 aromatic carbocycles. The number of nitrogens with one attached hydrogen (secondary N) is 1. The Morgan fingerprint density at radius 3 is 2.40 bits per heavy atom. The minimum Gasteiger partial charge on any atom is -0.330 e. The molecule has 1 heterocycles. The van der Waals surface area contributed by atoms with Crippen molar-refractivity contribution in [2.24, 2.45) is 10.9 Å². The number of amidine groups is 1. The van der Waals surface area contributed by atoms with Crippen LogP contribution in [-0.4, -0.2) is 17.0 Å². The molecule has 0 fully saturated rings.